The summed E-state index contributed by atoms with van der Waals surface area (Å²) in [6, 6.07) is 0. The van der Waals surface area contributed by atoms with Crippen molar-refractivity contribution in [1.29, 1.82) is 5.41 Å². The molecule has 0 bridgehead atoms. The van der Waals surface area contributed by atoms with Gasteiger partial charge < -0.3 is 15.2 Å². The molecule has 0 saturated carbocycles. The molecule has 0 spiro atoms. The van der Waals surface area contributed by atoms with Crippen molar-refractivity contribution in [3.8, 4) is 0 Å². The number of carbonyl (C=O) groups is 1. The fourth-order valence-corrected chi connectivity index (χ4v) is 0.479. The van der Waals surface area contributed by atoms with Gasteiger partial charge in [0.2, 0.25) is 5.90 Å². The molecule has 0 aliphatic rings. The Morgan fingerprint density at radius 3 is 2.55 bits per heavy atom. The van der Waals surface area contributed by atoms with Gasteiger partial charge in [-0.1, -0.05) is 0 Å². The molecule has 0 rings (SSSR count). The molecule has 0 radical (unpaired) electrons. The van der Waals surface area contributed by atoms with Crippen molar-refractivity contribution >= 4 is 11.9 Å². The van der Waals surface area contributed by atoms with Gasteiger partial charge in [0.25, 0.3) is 0 Å². The molecule has 0 aliphatic heterocycles. The average molecular weight is 158 g/mol. The van der Waals surface area contributed by atoms with Crippen LogP contribution in [0, 0.1) is 5.41 Å². The highest BCUT2D eigenvalue weighted by atomic mass is 16.5. The maximum Gasteiger partial charge on any atom is 0.342 e. The third-order valence-corrected chi connectivity index (χ3v) is 0.968. The van der Waals surface area contributed by atoms with Crippen molar-refractivity contribution < 1.29 is 14.6 Å². The zero-order valence-electron chi connectivity index (χ0n) is 6.34. The average Bonchev–Trinajstić information content (AvgIpc) is 1.98. The zero-order valence-corrected chi connectivity index (χ0v) is 6.34. The van der Waals surface area contributed by atoms with Crippen LogP contribution in [0.15, 0.2) is 11.8 Å². The number of hydrogen-bond acceptors (Lipinski definition) is 4. The molecule has 0 amide bonds. The molecule has 0 aliphatic carbocycles. The molecule has 0 aromatic rings. The molecule has 3 N–H and O–H groups in total. The first-order valence-electron chi connectivity index (χ1n) is 2.87. The van der Waals surface area contributed by atoms with Gasteiger partial charge in [0.1, 0.15) is 5.57 Å². The van der Waals surface area contributed by atoms with Crippen LogP contribution in [0.2, 0.25) is 0 Å². The smallest absolute Gasteiger partial charge is 0.342 e. The van der Waals surface area contributed by atoms with E-state index in [0.29, 0.717) is 0 Å². The number of carboxylic acids is 1. The quantitative estimate of drug-likeness (QED) is 0.302. The van der Waals surface area contributed by atoms with Gasteiger partial charge >= 0.3 is 5.97 Å². The molecule has 0 saturated heterocycles. The minimum Gasteiger partial charge on any atom is -0.481 e. The zero-order chi connectivity index (χ0) is 8.85. The monoisotopic (exact) mass is 158 g/mol. The minimum absolute atomic E-state index is 0.199. The number of hydrogen-bond donors (Lipinski definition) is 3. The van der Waals surface area contributed by atoms with Gasteiger partial charge in [0.05, 0.1) is 7.11 Å². The van der Waals surface area contributed by atoms with Crippen molar-refractivity contribution in [2.45, 2.75) is 0 Å². The molecule has 5 nitrogen and oxygen atoms in total. The van der Waals surface area contributed by atoms with Crippen LogP contribution in [0.5, 0.6) is 0 Å². The first-order chi connectivity index (χ1) is 5.13. The molecule has 0 heterocycles. The summed E-state index contributed by atoms with van der Waals surface area (Å²) in [6.07, 6.45) is 1.19. The number of ether oxygens (including phenoxy) is 1. The van der Waals surface area contributed by atoms with Crippen LogP contribution in [-0.2, 0) is 9.53 Å². The van der Waals surface area contributed by atoms with E-state index < -0.39 is 5.97 Å². The van der Waals surface area contributed by atoms with Crippen LogP contribution in [0.1, 0.15) is 0 Å². The van der Waals surface area contributed by atoms with Crippen LogP contribution in [0.25, 0.3) is 0 Å². The van der Waals surface area contributed by atoms with Crippen LogP contribution >= 0.6 is 0 Å². The lowest BCUT2D eigenvalue weighted by Gasteiger charge is -2.01. The van der Waals surface area contributed by atoms with E-state index in [1.54, 1.807) is 7.05 Å². The summed E-state index contributed by atoms with van der Waals surface area (Å²) in [7, 11) is 2.79. The van der Waals surface area contributed by atoms with Gasteiger partial charge in [0.15, 0.2) is 0 Å². The molecule has 0 fully saturated rings. The van der Waals surface area contributed by atoms with E-state index in [4.69, 9.17) is 10.5 Å². The second kappa shape index (κ2) is 4.32. The normalized spacial score (nSPS) is 10.5. The van der Waals surface area contributed by atoms with Crippen molar-refractivity contribution in [1.82, 2.24) is 5.32 Å². The summed E-state index contributed by atoms with van der Waals surface area (Å²) in [4.78, 5) is 10.4. The summed E-state index contributed by atoms with van der Waals surface area (Å²) >= 11 is 0. The highest BCUT2D eigenvalue weighted by Gasteiger charge is 2.12. The molecule has 0 aromatic heterocycles. The Kier molecular flexibility index (Phi) is 3.72. The van der Waals surface area contributed by atoms with E-state index in [9.17, 15) is 4.79 Å². The predicted molar refractivity (Wildman–Crippen MR) is 39.5 cm³/mol. The molecular weight excluding hydrogens is 148 g/mol. The summed E-state index contributed by atoms with van der Waals surface area (Å²) < 4.78 is 4.42. The highest BCUT2D eigenvalue weighted by Crippen LogP contribution is 1.95. The Bertz CT molecular complexity index is 198. The largest absolute Gasteiger partial charge is 0.481 e. The molecule has 5 heteroatoms. The van der Waals surface area contributed by atoms with E-state index in [-0.39, 0.29) is 11.5 Å². The number of aliphatic carboxylic acids is 1. The van der Waals surface area contributed by atoms with Gasteiger partial charge in [-0.25, -0.2) is 4.79 Å². The van der Waals surface area contributed by atoms with E-state index >= 15 is 0 Å². The molecule has 0 atom stereocenters. The number of carboxylic acid groups (broad SMARTS) is 1. The fourth-order valence-electron chi connectivity index (χ4n) is 0.479. The van der Waals surface area contributed by atoms with Crippen molar-refractivity contribution in [2.24, 2.45) is 0 Å². The van der Waals surface area contributed by atoms with Crippen LogP contribution in [-0.4, -0.2) is 31.1 Å². The van der Waals surface area contributed by atoms with Gasteiger partial charge in [-0.05, 0) is 0 Å². The lowest BCUT2D eigenvalue weighted by molar-refractivity contribution is -0.132. The molecular formula is C6H10N2O3. The first-order valence-corrected chi connectivity index (χ1v) is 2.87. The number of nitrogens with one attached hydrogen (secondary N) is 2. The van der Waals surface area contributed by atoms with Gasteiger partial charge in [-0.2, -0.15) is 0 Å². The standard InChI is InChI=1S/C6H10N2O3/c1-8-3-4(6(9)10)5(7)11-2/h3,7-8H,1-2H3,(H,9,10)/b4-3+,7-5?. The fraction of sp³-hybridized carbons (Fsp3) is 0.333. The summed E-state index contributed by atoms with van der Waals surface area (Å²) in [5.74, 6) is -1.56. The molecule has 0 unspecified atom stereocenters. The third kappa shape index (κ3) is 2.70. The van der Waals surface area contributed by atoms with E-state index in [1.807, 2.05) is 0 Å². The topological polar surface area (TPSA) is 82.4 Å². The Balaban J connectivity index is 4.48. The lowest BCUT2D eigenvalue weighted by atomic mass is 10.3. The summed E-state index contributed by atoms with van der Waals surface area (Å²) in [5.41, 5.74) is -0.199. The molecule has 0 aromatic carbocycles. The Morgan fingerprint density at radius 2 is 2.27 bits per heavy atom. The van der Waals surface area contributed by atoms with E-state index in [2.05, 4.69) is 10.1 Å². The van der Waals surface area contributed by atoms with Crippen LogP contribution in [0.4, 0.5) is 0 Å². The Hall–Kier alpha value is -1.52. The Labute approximate surface area is 64.2 Å². The van der Waals surface area contributed by atoms with Crippen molar-refractivity contribution in [3.05, 3.63) is 11.8 Å². The summed E-state index contributed by atoms with van der Waals surface area (Å²) in [5, 5.41) is 18.0. The third-order valence-electron chi connectivity index (χ3n) is 0.968. The van der Waals surface area contributed by atoms with Gasteiger partial charge in [-0.3, -0.25) is 5.41 Å². The summed E-state index contributed by atoms with van der Waals surface area (Å²) in [6.45, 7) is 0. The van der Waals surface area contributed by atoms with Crippen molar-refractivity contribution in [3.63, 3.8) is 0 Å². The second-order valence-corrected chi connectivity index (χ2v) is 1.69. The highest BCUT2D eigenvalue weighted by molar-refractivity contribution is 6.14. The minimum atomic E-state index is -1.19. The maximum absolute atomic E-state index is 10.4. The van der Waals surface area contributed by atoms with E-state index in [1.165, 1.54) is 13.3 Å². The van der Waals surface area contributed by atoms with E-state index in [0.717, 1.165) is 0 Å². The van der Waals surface area contributed by atoms with Gasteiger partial charge in [0, 0.05) is 13.2 Å². The lowest BCUT2D eigenvalue weighted by Crippen LogP contribution is -2.15. The van der Waals surface area contributed by atoms with Crippen LogP contribution < -0.4 is 5.32 Å². The van der Waals surface area contributed by atoms with Crippen LogP contribution in [0.3, 0.4) is 0 Å². The first kappa shape index (κ1) is 9.48. The molecule has 11 heavy (non-hydrogen) atoms. The second-order valence-electron chi connectivity index (χ2n) is 1.69. The number of rotatable bonds is 3. The van der Waals surface area contributed by atoms with Crippen molar-refractivity contribution in [2.75, 3.05) is 14.2 Å². The predicted octanol–water partition coefficient (Wildman–Crippen LogP) is -0.202. The number of methoxy groups -OCH3 is 1. The maximum atomic E-state index is 10.4. The Morgan fingerprint density at radius 1 is 1.73 bits per heavy atom. The van der Waals surface area contributed by atoms with Gasteiger partial charge in [-0.15, -0.1) is 0 Å². The molecule has 62 valence electrons. The SMILES string of the molecule is CN/C=C(\C(=N)OC)C(=O)O.